The largest absolute Gasteiger partial charge is 0.406 e. The van der Waals surface area contributed by atoms with Gasteiger partial charge in [0.2, 0.25) is 5.91 Å². The second-order valence-electron chi connectivity index (χ2n) is 5.61. The van der Waals surface area contributed by atoms with Gasteiger partial charge in [-0.2, -0.15) is 13.2 Å². The summed E-state index contributed by atoms with van der Waals surface area (Å²) >= 11 is 0. The lowest BCUT2D eigenvalue weighted by atomic mass is 9.83. The quantitative estimate of drug-likeness (QED) is 0.931. The zero-order chi connectivity index (χ0) is 15.6. The molecule has 0 aromatic heterocycles. The van der Waals surface area contributed by atoms with Gasteiger partial charge in [0.15, 0.2) is 0 Å². The Hall–Kier alpha value is -1.56. The number of nitrogens with two attached hydrogens (primary N) is 1. The van der Waals surface area contributed by atoms with Crippen LogP contribution in [-0.4, -0.2) is 35.6 Å². The molecule has 21 heavy (non-hydrogen) atoms. The Morgan fingerprint density at radius 3 is 2.48 bits per heavy atom. The molecule has 1 aliphatic rings. The number of piperidine rings is 1. The number of hydrogen-bond donors (Lipinski definition) is 1. The van der Waals surface area contributed by atoms with Gasteiger partial charge in [0, 0.05) is 6.04 Å². The summed E-state index contributed by atoms with van der Waals surface area (Å²) in [6.45, 7) is 0.440. The van der Waals surface area contributed by atoms with Crippen LogP contribution in [-0.2, 0) is 11.2 Å². The highest BCUT2D eigenvalue weighted by atomic mass is 19.4. The molecule has 3 nitrogen and oxygen atoms in total. The first kappa shape index (κ1) is 15.8. The zero-order valence-corrected chi connectivity index (χ0v) is 11.8. The van der Waals surface area contributed by atoms with Gasteiger partial charge in [-0.05, 0) is 31.2 Å². The van der Waals surface area contributed by atoms with Crippen molar-refractivity contribution >= 4 is 5.91 Å². The fourth-order valence-electron chi connectivity index (χ4n) is 2.88. The monoisotopic (exact) mass is 300 g/mol. The predicted molar refractivity (Wildman–Crippen MR) is 73.5 cm³/mol. The molecule has 0 spiro atoms. The first-order valence-electron chi connectivity index (χ1n) is 6.94. The fourth-order valence-corrected chi connectivity index (χ4v) is 2.88. The average Bonchev–Trinajstić information content (AvgIpc) is 2.41. The second kappa shape index (κ2) is 6.05. The highest BCUT2D eigenvalue weighted by molar-refractivity contribution is 5.83. The number of carbonyl (C=O) groups excluding carboxylic acids is 1. The van der Waals surface area contributed by atoms with E-state index in [1.807, 2.05) is 30.3 Å². The lowest BCUT2D eigenvalue weighted by molar-refractivity contribution is -0.172. The number of hydrogen-bond acceptors (Lipinski definition) is 2. The maximum atomic E-state index is 12.6. The molecule has 1 heterocycles. The van der Waals surface area contributed by atoms with Crippen molar-refractivity contribution in [2.75, 3.05) is 6.54 Å². The van der Waals surface area contributed by atoms with E-state index in [4.69, 9.17) is 5.73 Å². The molecule has 1 aromatic rings. The van der Waals surface area contributed by atoms with E-state index in [-0.39, 0.29) is 5.92 Å². The number of amides is 1. The van der Waals surface area contributed by atoms with E-state index in [2.05, 4.69) is 0 Å². The van der Waals surface area contributed by atoms with Gasteiger partial charge in [0.25, 0.3) is 0 Å². The lowest BCUT2D eigenvalue weighted by Crippen LogP contribution is -2.58. The third-order valence-electron chi connectivity index (χ3n) is 4.02. The predicted octanol–water partition coefficient (Wildman–Crippen LogP) is 2.36. The van der Waals surface area contributed by atoms with Crippen molar-refractivity contribution in [3.05, 3.63) is 35.9 Å². The Morgan fingerprint density at radius 1 is 1.29 bits per heavy atom. The minimum absolute atomic E-state index is 0.0672. The van der Waals surface area contributed by atoms with E-state index < -0.39 is 30.7 Å². The minimum atomic E-state index is -4.40. The molecule has 1 aromatic carbocycles. The summed E-state index contributed by atoms with van der Waals surface area (Å²) < 4.78 is 37.9. The van der Waals surface area contributed by atoms with Crippen LogP contribution >= 0.6 is 0 Å². The van der Waals surface area contributed by atoms with Gasteiger partial charge in [-0.3, -0.25) is 4.79 Å². The molecule has 1 aliphatic heterocycles. The summed E-state index contributed by atoms with van der Waals surface area (Å²) in [6.07, 6.45) is -3.36. The molecule has 0 bridgehead atoms. The number of carbonyl (C=O) groups is 1. The van der Waals surface area contributed by atoms with Gasteiger partial charge >= 0.3 is 6.18 Å². The summed E-state index contributed by atoms with van der Waals surface area (Å²) in [6, 6.07) is 8.21. The first-order chi connectivity index (χ1) is 9.78. The van der Waals surface area contributed by atoms with Crippen molar-refractivity contribution in [2.24, 2.45) is 11.7 Å². The molecular formula is C15H19F3N2O. The molecular weight excluding hydrogens is 281 g/mol. The van der Waals surface area contributed by atoms with Gasteiger partial charge in [-0.25, -0.2) is 0 Å². The standard InChI is InChI=1S/C15H19F3N2O/c1-10-12(7-11-5-3-2-4-6-11)8-13(19)14(21)20(10)9-15(16,17)18/h2-6,10,12-13H,7-9,19H2,1H3. The van der Waals surface area contributed by atoms with Gasteiger partial charge < -0.3 is 10.6 Å². The number of likely N-dealkylation sites (tertiary alicyclic amines) is 1. The van der Waals surface area contributed by atoms with Crippen molar-refractivity contribution in [1.82, 2.24) is 4.90 Å². The zero-order valence-electron chi connectivity index (χ0n) is 11.8. The molecule has 2 rings (SSSR count). The maximum absolute atomic E-state index is 12.6. The summed E-state index contributed by atoms with van der Waals surface area (Å²) in [5.41, 5.74) is 6.78. The topological polar surface area (TPSA) is 46.3 Å². The van der Waals surface area contributed by atoms with Crippen LogP contribution in [0.25, 0.3) is 0 Å². The Bertz CT molecular complexity index is 489. The van der Waals surface area contributed by atoms with Crippen LogP contribution in [0.4, 0.5) is 13.2 Å². The molecule has 0 saturated carbocycles. The molecule has 2 N–H and O–H groups in total. The highest BCUT2D eigenvalue weighted by Gasteiger charge is 2.42. The van der Waals surface area contributed by atoms with Crippen LogP contribution in [0, 0.1) is 5.92 Å². The SMILES string of the molecule is CC1C(Cc2ccccc2)CC(N)C(=O)N1CC(F)(F)F. The molecule has 1 amide bonds. The number of benzene rings is 1. The smallest absolute Gasteiger partial charge is 0.329 e. The lowest BCUT2D eigenvalue weighted by Gasteiger charge is -2.42. The van der Waals surface area contributed by atoms with E-state index >= 15 is 0 Å². The first-order valence-corrected chi connectivity index (χ1v) is 6.94. The number of rotatable bonds is 3. The van der Waals surface area contributed by atoms with Gasteiger partial charge in [0.05, 0.1) is 6.04 Å². The molecule has 0 aliphatic carbocycles. The van der Waals surface area contributed by atoms with Crippen molar-refractivity contribution < 1.29 is 18.0 Å². The molecule has 1 saturated heterocycles. The Balaban J connectivity index is 2.14. The highest BCUT2D eigenvalue weighted by Crippen LogP contribution is 2.30. The fraction of sp³-hybridized carbons (Fsp3) is 0.533. The number of nitrogens with zero attached hydrogens (tertiary/aromatic N) is 1. The summed E-state index contributed by atoms with van der Waals surface area (Å²) in [4.78, 5) is 12.8. The third-order valence-corrected chi connectivity index (χ3v) is 4.02. The third kappa shape index (κ3) is 3.97. The van der Waals surface area contributed by atoms with Crippen LogP contribution in [0.2, 0.25) is 0 Å². The van der Waals surface area contributed by atoms with Crippen LogP contribution in [0.15, 0.2) is 30.3 Å². The van der Waals surface area contributed by atoms with E-state index in [9.17, 15) is 18.0 Å². The average molecular weight is 300 g/mol. The molecule has 6 heteroatoms. The number of halogens is 3. The second-order valence-corrected chi connectivity index (χ2v) is 5.61. The Labute approximate surface area is 121 Å². The van der Waals surface area contributed by atoms with E-state index in [0.717, 1.165) is 10.5 Å². The van der Waals surface area contributed by atoms with Gasteiger partial charge in [0.1, 0.15) is 6.54 Å². The van der Waals surface area contributed by atoms with Crippen molar-refractivity contribution in [1.29, 1.82) is 0 Å². The van der Waals surface area contributed by atoms with Gasteiger partial charge in [-0.1, -0.05) is 30.3 Å². The summed E-state index contributed by atoms with van der Waals surface area (Å²) in [7, 11) is 0. The van der Waals surface area contributed by atoms with E-state index in [1.165, 1.54) is 0 Å². The van der Waals surface area contributed by atoms with Crippen LogP contribution in [0.1, 0.15) is 18.9 Å². The summed E-state index contributed by atoms with van der Waals surface area (Å²) in [5, 5.41) is 0. The Morgan fingerprint density at radius 2 is 1.90 bits per heavy atom. The summed E-state index contributed by atoms with van der Waals surface area (Å²) in [5.74, 6) is -0.674. The van der Waals surface area contributed by atoms with Crippen LogP contribution in [0.5, 0.6) is 0 Å². The van der Waals surface area contributed by atoms with E-state index in [0.29, 0.717) is 12.8 Å². The van der Waals surface area contributed by atoms with Crippen LogP contribution in [0.3, 0.4) is 0 Å². The van der Waals surface area contributed by atoms with Crippen molar-refractivity contribution in [3.8, 4) is 0 Å². The van der Waals surface area contributed by atoms with E-state index in [1.54, 1.807) is 6.92 Å². The normalized spacial score (nSPS) is 27.0. The minimum Gasteiger partial charge on any atom is -0.329 e. The molecule has 0 radical (unpaired) electrons. The van der Waals surface area contributed by atoms with Crippen molar-refractivity contribution in [2.45, 2.75) is 38.0 Å². The van der Waals surface area contributed by atoms with Crippen molar-refractivity contribution in [3.63, 3.8) is 0 Å². The van der Waals surface area contributed by atoms with Gasteiger partial charge in [-0.15, -0.1) is 0 Å². The van der Waals surface area contributed by atoms with Crippen LogP contribution < -0.4 is 5.73 Å². The maximum Gasteiger partial charge on any atom is 0.406 e. The molecule has 3 unspecified atom stereocenters. The Kier molecular flexibility index (Phi) is 4.56. The molecule has 1 fully saturated rings. The molecule has 116 valence electrons. The molecule has 3 atom stereocenters. The number of alkyl halides is 3.